The number of aliphatic hydroxyl groups is 2. The van der Waals surface area contributed by atoms with Crippen molar-refractivity contribution >= 4 is 17.3 Å². The van der Waals surface area contributed by atoms with Crippen molar-refractivity contribution in [3.8, 4) is 17.2 Å². The monoisotopic (exact) mass is 625 g/mol. The van der Waals surface area contributed by atoms with Crippen LogP contribution in [0.5, 0.6) is 17.2 Å². The lowest BCUT2D eigenvalue weighted by Crippen LogP contribution is -2.54. The normalized spacial score (nSPS) is 30.4. The summed E-state index contributed by atoms with van der Waals surface area (Å²) in [6.07, 6.45) is -4.61. The minimum absolute atomic E-state index is 0.0105. The Labute approximate surface area is 260 Å². The molecule has 0 saturated carbocycles. The van der Waals surface area contributed by atoms with Crippen LogP contribution in [0.1, 0.15) is 68.8 Å². The van der Waals surface area contributed by atoms with Crippen LogP contribution in [-0.2, 0) is 20.7 Å². The Morgan fingerprint density at radius 2 is 1.78 bits per heavy atom. The summed E-state index contributed by atoms with van der Waals surface area (Å²) < 4.78 is 17.4. The summed E-state index contributed by atoms with van der Waals surface area (Å²) in [4.78, 5) is 45.5. The third kappa shape index (κ3) is 5.31. The van der Waals surface area contributed by atoms with Crippen molar-refractivity contribution in [2.75, 3.05) is 46.9 Å². The first-order chi connectivity index (χ1) is 21.3. The Bertz CT molecular complexity index is 1540. The second kappa shape index (κ2) is 11.7. The number of nitrogens with zero attached hydrogens (tertiary/aromatic N) is 2. The molecule has 2 aromatic carbocycles. The number of ketones is 3. The van der Waals surface area contributed by atoms with Crippen molar-refractivity contribution in [2.24, 2.45) is 5.73 Å². The van der Waals surface area contributed by atoms with Gasteiger partial charge in [-0.25, -0.2) is 0 Å². The van der Waals surface area contributed by atoms with Gasteiger partial charge < -0.3 is 45.3 Å². The second-order valence-electron chi connectivity index (χ2n) is 12.6. The van der Waals surface area contributed by atoms with Crippen molar-refractivity contribution in [1.29, 1.82) is 0 Å². The molecule has 2 heterocycles. The number of nitrogens with two attached hydrogens (primary N) is 1. The van der Waals surface area contributed by atoms with Crippen LogP contribution in [0, 0.1) is 0 Å². The predicted molar refractivity (Wildman–Crippen MR) is 159 cm³/mol. The molecule has 0 bridgehead atoms. The fourth-order valence-electron chi connectivity index (χ4n) is 6.96. The molecule has 6 rings (SSSR count). The van der Waals surface area contributed by atoms with E-state index in [2.05, 4.69) is 4.90 Å². The zero-order valence-corrected chi connectivity index (χ0v) is 25.5. The topological polar surface area (TPSA) is 192 Å². The first-order valence-electron chi connectivity index (χ1n) is 15.1. The molecule has 45 heavy (non-hydrogen) atoms. The van der Waals surface area contributed by atoms with Gasteiger partial charge in [0.15, 0.2) is 17.9 Å². The molecule has 242 valence electrons. The summed E-state index contributed by atoms with van der Waals surface area (Å²) in [6.45, 7) is 4.34. The third-order valence-corrected chi connectivity index (χ3v) is 9.62. The van der Waals surface area contributed by atoms with E-state index in [1.165, 1.54) is 25.3 Å². The molecule has 0 amide bonds. The molecule has 6 N–H and O–H groups in total. The number of aliphatic hydroxyl groups excluding tert-OH is 1. The third-order valence-electron chi connectivity index (χ3n) is 9.62. The fraction of sp³-hybridized carbons (Fsp3) is 0.531. The predicted octanol–water partition coefficient (Wildman–Crippen LogP) is 0.256. The number of phenolic OH excluding ortho intramolecular Hbond substituents is 2. The van der Waals surface area contributed by atoms with Crippen molar-refractivity contribution in [3.63, 3.8) is 0 Å². The molecule has 2 aliphatic carbocycles. The minimum Gasteiger partial charge on any atom is -0.507 e. The lowest BCUT2D eigenvalue weighted by molar-refractivity contribution is -0.247. The van der Waals surface area contributed by atoms with Crippen molar-refractivity contribution in [3.05, 3.63) is 51.6 Å². The van der Waals surface area contributed by atoms with Gasteiger partial charge in [-0.2, -0.15) is 0 Å². The number of hydrogen-bond donors (Lipinski definition) is 5. The zero-order valence-electron chi connectivity index (χ0n) is 25.5. The molecule has 2 fully saturated rings. The summed E-state index contributed by atoms with van der Waals surface area (Å²) >= 11 is 0. The van der Waals surface area contributed by atoms with Crippen LogP contribution in [0.25, 0.3) is 0 Å². The lowest BCUT2D eigenvalue weighted by atomic mass is 9.71. The van der Waals surface area contributed by atoms with Crippen LogP contribution in [0.15, 0.2) is 18.2 Å². The van der Waals surface area contributed by atoms with Gasteiger partial charge in [-0.15, -0.1) is 0 Å². The van der Waals surface area contributed by atoms with E-state index in [4.69, 9.17) is 19.9 Å². The number of rotatable bonds is 6. The Morgan fingerprint density at radius 1 is 1.09 bits per heavy atom. The van der Waals surface area contributed by atoms with Crippen LogP contribution >= 0.6 is 0 Å². The van der Waals surface area contributed by atoms with Gasteiger partial charge in [-0.1, -0.05) is 12.1 Å². The van der Waals surface area contributed by atoms with Gasteiger partial charge >= 0.3 is 0 Å². The van der Waals surface area contributed by atoms with E-state index >= 15 is 0 Å². The van der Waals surface area contributed by atoms with Crippen LogP contribution in [-0.4, -0.2) is 125 Å². The number of carbonyl (C=O) groups is 3. The van der Waals surface area contributed by atoms with Crippen LogP contribution in [0.2, 0.25) is 0 Å². The van der Waals surface area contributed by atoms with Gasteiger partial charge in [0.25, 0.3) is 0 Å². The van der Waals surface area contributed by atoms with E-state index in [1.54, 1.807) is 6.92 Å². The van der Waals surface area contributed by atoms with E-state index in [0.29, 0.717) is 13.1 Å². The molecule has 6 atom stereocenters. The van der Waals surface area contributed by atoms with Gasteiger partial charge in [0.2, 0.25) is 5.78 Å². The van der Waals surface area contributed by atoms with Crippen LogP contribution < -0.4 is 10.5 Å². The highest BCUT2D eigenvalue weighted by molar-refractivity contribution is 6.31. The number of hydrogen-bond acceptors (Lipinski definition) is 13. The highest BCUT2D eigenvalue weighted by Crippen LogP contribution is 2.52. The maximum absolute atomic E-state index is 13.9. The molecule has 13 nitrogen and oxygen atoms in total. The number of Topliss-reactive ketones (excluding diaryl/α,β-unsaturated/α-hetero) is 1. The van der Waals surface area contributed by atoms with Gasteiger partial charge in [0, 0.05) is 68.2 Å². The maximum Gasteiger partial charge on any atom is 0.202 e. The van der Waals surface area contributed by atoms with Gasteiger partial charge in [0.05, 0.1) is 48.7 Å². The number of piperazine rings is 1. The highest BCUT2D eigenvalue weighted by Gasteiger charge is 2.50. The highest BCUT2D eigenvalue weighted by atomic mass is 16.7. The molecule has 0 radical (unpaired) electrons. The average Bonchev–Trinajstić information content (AvgIpc) is 3.00. The van der Waals surface area contributed by atoms with E-state index < -0.39 is 82.6 Å². The zero-order chi connectivity index (χ0) is 32.4. The van der Waals surface area contributed by atoms with Gasteiger partial charge in [-0.3, -0.25) is 19.3 Å². The Kier molecular flexibility index (Phi) is 8.23. The lowest BCUT2D eigenvalue weighted by Gasteiger charge is -2.43. The van der Waals surface area contributed by atoms with Crippen molar-refractivity contribution in [2.45, 2.75) is 62.4 Å². The van der Waals surface area contributed by atoms with Gasteiger partial charge in [0.1, 0.15) is 22.8 Å². The van der Waals surface area contributed by atoms with E-state index in [9.17, 15) is 34.8 Å². The maximum atomic E-state index is 13.9. The number of phenols is 2. The standard InChI is InChI=1S/C32H39N3O10/c1-15-27(37)18(33)11-22(44-15)45-20-13-32(42,21(36)14-35-9-7-34(2)8-10-35)12-17-24(20)31(41)26-25(29(17)39)28(38)16-5-4-6-19(43-3)23(16)30(26)40/h4-6,15,18,20,22,27,37,39,41-42H,7-14,33H2,1-3H3/t15?,18?,20-,22?,27?,32-/m1/s1. The van der Waals surface area contributed by atoms with Crippen molar-refractivity contribution in [1.82, 2.24) is 9.80 Å². The van der Waals surface area contributed by atoms with Crippen LogP contribution in [0.3, 0.4) is 0 Å². The number of fused-ring (bicyclic) bond motifs is 3. The number of benzene rings is 2. The number of methoxy groups -OCH3 is 1. The molecular formula is C32H39N3O10. The summed E-state index contributed by atoms with van der Waals surface area (Å²) in [5.74, 6) is -3.04. The van der Waals surface area contributed by atoms with Crippen LogP contribution in [0.4, 0.5) is 0 Å². The van der Waals surface area contributed by atoms with Crippen molar-refractivity contribution < 1.29 is 49.0 Å². The van der Waals surface area contributed by atoms with E-state index in [1.807, 2.05) is 11.9 Å². The van der Waals surface area contributed by atoms with E-state index in [0.717, 1.165) is 13.1 Å². The Morgan fingerprint density at radius 3 is 2.44 bits per heavy atom. The number of likely N-dealkylation sites (N-methyl/N-ethyl adjacent to an activating group) is 1. The summed E-state index contributed by atoms with van der Waals surface area (Å²) in [6, 6.07) is 3.78. The van der Waals surface area contributed by atoms with Gasteiger partial charge in [-0.05, 0) is 20.0 Å². The van der Waals surface area contributed by atoms with E-state index in [-0.39, 0.29) is 47.4 Å². The first-order valence-corrected chi connectivity index (χ1v) is 15.1. The fourth-order valence-corrected chi connectivity index (χ4v) is 6.96. The molecule has 0 spiro atoms. The molecule has 13 heteroatoms. The molecule has 2 saturated heterocycles. The minimum atomic E-state index is -2.05. The molecule has 0 aromatic heterocycles. The summed E-state index contributed by atoms with van der Waals surface area (Å²) in [7, 11) is 3.34. The Balaban J connectivity index is 1.44. The number of ether oxygens (including phenoxy) is 3. The second-order valence-corrected chi connectivity index (χ2v) is 12.6. The largest absolute Gasteiger partial charge is 0.507 e. The average molecular weight is 626 g/mol. The Hall–Kier alpha value is -3.43. The SMILES string of the molecule is COc1cccc2c1C(=O)c1c(O)c3c(c(O)c1C2=O)C[C@](O)(C(=O)CN1CCN(C)CC1)C[C@H]3OC1CC(N)C(O)C(C)O1. The summed E-state index contributed by atoms with van der Waals surface area (Å²) in [5.41, 5.74) is 3.07. The first kappa shape index (κ1) is 31.5. The quantitative estimate of drug-likeness (QED) is 0.235. The smallest absolute Gasteiger partial charge is 0.202 e. The number of aromatic hydroxyl groups is 2. The molecule has 4 aliphatic rings. The molecule has 4 unspecified atom stereocenters. The number of carbonyl (C=O) groups excluding carboxylic acids is 3. The molecular weight excluding hydrogens is 586 g/mol. The molecule has 2 aliphatic heterocycles. The molecule has 2 aromatic rings. The summed E-state index contributed by atoms with van der Waals surface area (Å²) in [5, 5.41) is 45.6.